The highest BCUT2D eigenvalue weighted by Crippen LogP contribution is 2.22. The van der Waals surface area contributed by atoms with Crippen molar-refractivity contribution >= 4 is 28.2 Å². The lowest BCUT2D eigenvalue weighted by Gasteiger charge is -2.01. The van der Waals surface area contributed by atoms with Gasteiger partial charge in [-0.05, 0) is 6.92 Å². The van der Waals surface area contributed by atoms with Crippen molar-refractivity contribution in [3.05, 3.63) is 40.4 Å². The van der Waals surface area contributed by atoms with Crippen LogP contribution in [0.5, 0.6) is 0 Å². The Hall–Kier alpha value is -2.08. The Labute approximate surface area is 121 Å². The van der Waals surface area contributed by atoms with Gasteiger partial charge in [-0.3, -0.25) is 14.9 Å². The van der Waals surface area contributed by atoms with E-state index in [2.05, 4.69) is 15.5 Å². The van der Waals surface area contributed by atoms with Crippen LogP contribution in [-0.2, 0) is 4.79 Å². The zero-order chi connectivity index (χ0) is 14.7. The molecule has 1 N–H and O–H groups in total. The van der Waals surface area contributed by atoms with Gasteiger partial charge in [-0.25, -0.2) is 0 Å². The summed E-state index contributed by atoms with van der Waals surface area (Å²) in [5.41, 5.74) is 1.40. The normalized spacial score (nSPS) is 10.6. The molecule has 0 aliphatic heterocycles. The van der Waals surface area contributed by atoms with Crippen molar-refractivity contribution in [3.63, 3.8) is 0 Å². The van der Waals surface area contributed by atoms with Gasteiger partial charge in [0.2, 0.25) is 5.13 Å². The van der Waals surface area contributed by atoms with Crippen molar-refractivity contribution in [3.8, 4) is 0 Å². The molecule has 0 saturated heterocycles. The molecule has 0 spiro atoms. The van der Waals surface area contributed by atoms with Gasteiger partial charge in [0.25, 0.3) is 11.7 Å². The second-order valence-corrected chi connectivity index (χ2v) is 5.76. The van der Waals surface area contributed by atoms with Crippen LogP contribution in [0.25, 0.3) is 0 Å². The van der Waals surface area contributed by atoms with E-state index < -0.39 is 11.7 Å². The fourth-order valence-electron chi connectivity index (χ4n) is 1.51. The molecule has 0 fully saturated rings. The van der Waals surface area contributed by atoms with E-state index in [0.717, 1.165) is 10.6 Å². The van der Waals surface area contributed by atoms with Crippen LogP contribution < -0.4 is 5.32 Å². The van der Waals surface area contributed by atoms with Crippen molar-refractivity contribution in [2.24, 2.45) is 0 Å². The lowest BCUT2D eigenvalue weighted by Crippen LogP contribution is -2.22. The summed E-state index contributed by atoms with van der Waals surface area (Å²) in [5, 5.41) is 11.5. The third-order valence-corrected chi connectivity index (χ3v) is 3.81. The molecular weight excluding hydrogens is 274 g/mol. The number of nitrogens with one attached hydrogen (secondary N) is 1. The molecule has 20 heavy (non-hydrogen) atoms. The number of aryl methyl sites for hydroxylation is 1. The Kier molecular flexibility index (Phi) is 4.24. The van der Waals surface area contributed by atoms with Gasteiger partial charge < -0.3 is 0 Å². The van der Waals surface area contributed by atoms with Gasteiger partial charge in [-0.15, -0.1) is 10.2 Å². The van der Waals surface area contributed by atoms with Crippen LogP contribution in [0.2, 0.25) is 0 Å². The summed E-state index contributed by atoms with van der Waals surface area (Å²) in [7, 11) is 0. The zero-order valence-electron chi connectivity index (χ0n) is 11.5. The molecule has 0 aliphatic carbocycles. The summed E-state index contributed by atoms with van der Waals surface area (Å²) in [6, 6.07) is 6.86. The van der Waals surface area contributed by atoms with Gasteiger partial charge in [0.05, 0.1) is 0 Å². The minimum atomic E-state index is -0.694. The van der Waals surface area contributed by atoms with Crippen LogP contribution in [0.4, 0.5) is 5.13 Å². The molecule has 1 heterocycles. The molecule has 1 aromatic heterocycles. The third-order valence-electron chi connectivity index (χ3n) is 2.67. The topological polar surface area (TPSA) is 72.0 Å². The summed E-state index contributed by atoms with van der Waals surface area (Å²) in [4.78, 5) is 23.8. The van der Waals surface area contributed by atoms with Crippen molar-refractivity contribution < 1.29 is 9.59 Å². The second-order valence-electron chi connectivity index (χ2n) is 4.75. The number of ketones is 1. The zero-order valence-corrected chi connectivity index (χ0v) is 12.3. The molecule has 2 aromatic rings. The molecule has 1 aromatic carbocycles. The van der Waals surface area contributed by atoms with E-state index >= 15 is 0 Å². The number of hydrogen-bond acceptors (Lipinski definition) is 5. The highest BCUT2D eigenvalue weighted by molar-refractivity contribution is 7.15. The van der Waals surface area contributed by atoms with Crippen LogP contribution >= 0.6 is 11.3 Å². The van der Waals surface area contributed by atoms with Gasteiger partial charge in [0.1, 0.15) is 5.01 Å². The number of benzene rings is 1. The van der Waals surface area contributed by atoms with E-state index in [4.69, 9.17) is 0 Å². The monoisotopic (exact) mass is 289 g/mol. The quantitative estimate of drug-likeness (QED) is 0.694. The smallest absolute Gasteiger partial charge is 0.294 e. The number of carbonyl (C=O) groups excluding carboxylic acids is 2. The number of hydrogen-bond donors (Lipinski definition) is 1. The van der Waals surface area contributed by atoms with Crippen molar-refractivity contribution in [2.75, 3.05) is 5.32 Å². The molecular formula is C14H15N3O2S. The first-order valence-electron chi connectivity index (χ1n) is 6.23. The van der Waals surface area contributed by atoms with Crippen LogP contribution in [0.15, 0.2) is 24.3 Å². The average molecular weight is 289 g/mol. The van der Waals surface area contributed by atoms with Gasteiger partial charge in [0, 0.05) is 11.5 Å². The molecule has 1 amide bonds. The maximum atomic E-state index is 11.9. The summed E-state index contributed by atoms with van der Waals surface area (Å²) in [6.45, 7) is 5.90. The van der Waals surface area contributed by atoms with Crippen LogP contribution in [0.3, 0.4) is 0 Å². The summed E-state index contributed by atoms with van der Waals surface area (Å²) < 4.78 is 0. The lowest BCUT2D eigenvalue weighted by molar-refractivity contribution is -0.112. The van der Waals surface area contributed by atoms with E-state index in [1.807, 2.05) is 20.8 Å². The molecule has 6 heteroatoms. The third kappa shape index (κ3) is 3.27. The van der Waals surface area contributed by atoms with Gasteiger partial charge in [-0.2, -0.15) is 0 Å². The molecule has 0 unspecified atom stereocenters. The number of nitrogens with zero attached hydrogens (tertiary/aromatic N) is 2. The largest absolute Gasteiger partial charge is 0.298 e. The van der Waals surface area contributed by atoms with Crippen molar-refractivity contribution in [1.29, 1.82) is 0 Å². The lowest BCUT2D eigenvalue weighted by atomic mass is 10.1. The summed E-state index contributed by atoms with van der Waals surface area (Å²) in [5.74, 6) is -1.03. The Morgan fingerprint density at radius 3 is 2.35 bits per heavy atom. The maximum absolute atomic E-state index is 11.9. The molecule has 0 bridgehead atoms. The van der Waals surface area contributed by atoms with E-state index in [9.17, 15) is 9.59 Å². The van der Waals surface area contributed by atoms with E-state index in [0.29, 0.717) is 10.7 Å². The predicted molar refractivity (Wildman–Crippen MR) is 78.1 cm³/mol. The van der Waals surface area contributed by atoms with Crippen molar-refractivity contribution in [1.82, 2.24) is 10.2 Å². The Morgan fingerprint density at radius 1 is 1.15 bits per heavy atom. The fourth-order valence-corrected chi connectivity index (χ4v) is 2.25. The van der Waals surface area contributed by atoms with Crippen LogP contribution in [0.1, 0.15) is 40.7 Å². The number of aromatic nitrogens is 2. The average Bonchev–Trinajstić information content (AvgIpc) is 2.87. The Bertz CT molecular complexity index is 632. The first-order valence-corrected chi connectivity index (χ1v) is 7.04. The number of carbonyl (C=O) groups is 2. The molecule has 0 aliphatic rings. The number of anilines is 1. The molecule has 5 nitrogen and oxygen atoms in total. The molecule has 104 valence electrons. The van der Waals surface area contributed by atoms with E-state index in [1.165, 1.54) is 11.3 Å². The first-order chi connectivity index (χ1) is 9.47. The van der Waals surface area contributed by atoms with Crippen LogP contribution in [-0.4, -0.2) is 21.9 Å². The first kappa shape index (κ1) is 14.3. The molecule has 0 atom stereocenters. The number of rotatable bonds is 4. The van der Waals surface area contributed by atoms with Gasteiger partial charge >= 0.3 is 0 Å². The SMILES string of the molecule is Cc1ccc(C(=O)C(=O)Nc2nnc(C(C)C)s2)cc1. The van der Waals surface area contributed by atoms with Gasteiger partial charge in [0.15, 0.2) is 0 Å². The second kappa shape index (κ2) is 5.92. The van der Waals surface area contributed by atoms with E-state index in [-0.39, 0.29) is 5.92 Å². The van der Waals surface area contributed by atoms with E-state index in [1.54, 1.807) is 24.3 Å². The minimum Gasteiger partial charge on any atom is -0.294 e. The summed E-state index contributed by atoms with van der Waals surface area (Å²) >= 11 is 1.28. The highest BCUT2D eigenvalue weighted by atomic mass is 32.1. The van der Waals surface area contributed by atoms with Crippen molar-refractivity contribution in [2.45, 2.75) is 26.7 Å². The number of Topliss-reactive ketones (excluding diaryl/α,β-unsaturated/α-hetero) is 1. The summed E-state index contributed by atoms with van der Waals surface area (Å²) in [6.07, 6.45) is 0. The maximum Gasteiger partial charge on any atom is 0.298 e. The number of amides is 1. The predicted octanol–water partition coefficient (Wildman–Crippen LogP) is 2.79. The molecule has 0 saturated carbocycles. The fraction of sp³-hybridized carbons (Fsp3) is 0.286. The molecule has 2 rings (SSSR count). The van der Waals surface area contributed by atoms with Crippen LogP contribution in [0, 0.1) is 6.92 Å². The standard InChI is InChI=1S/C14H15N3O2S/c1-8(2)13-16-17-14(20-13)15-12(19)11(18)10-6-4-9(3)5-7-10/h4-8H,1-3H3,(H,15,17,19). The highest BCUT2D eigenvalue weighted by Gasteiger charge is 2.18. The molecule has 0 radical (unpaired) electrons. The Balaban J connectivity index is 2.07. The Morgan fingerprint density at radius 2 is 1.80 bits per heavy atom. The van der Waals surface area contributed by atoms with Gasteiger partial charge in [-0.1, -0.05) is 55.0 Å². The minimum absolute atomic E-state index is 0.242.